The molecule has 17 nitrogen and oxygen atoms in total. The quantitative estimate of drug-likeness (QED) is 0.0161. The highest BCUT2D eigenvalue weighted by molar-refractivity contribution is 6.07. The molecule has 2 aromatic carbocycles. The van der Waals surface area contributed by atoms with E-state index in [1.54, 1.807) is 48.7 Å². The van der Waals surface area contributed by atoms with E-state index in [1.807, 2.05) is 57.5 Å². The van der Waals surface area contributed by atoms with Gasteiger partial charge < -0.3 is 34.6 Å². The molecule has 0 spiro atoms. The Bertz CT molecular complexity index is 2010. The molecule has 2 unspecified atom stereocenters. The molecule has 0 aliphatic heterocycles. The second-order valence-electron chi connectivity index (χ2n) is 14.0. The summed E-state index contributed by atoms with van der Waals surface area (Å²) in [6.45, 7) is 16.3. The van der Waals surface area contributed by atoms with Crippen LogP contribution in [-0.2, 0) is 37.3 Å². The Kier molecular flexibility index (Phi) is 28.1. The van der Waals surface area contributed by atoms with Crippen molar-refractivity contribution in [1.29, 1.82) is 0 Å². The number of aryl methyl sites for hydroxylation is 1. The van der Waals surface area contributed by atoms with Gasteiger partial charge in [-0.3, -0.25) is 14.5 Å². The van der Waals surface area contributed by atoms with Gasteiger partial charge in [0.15, 0.2) is 0 Å². The Morgan fingerprint density at radius 2 is 1.56 bits per heavy atom. The number of amidine groups is 1. The van der Waals surface area contributed by atoms with Crippen molar-refractivity contribution >= 4 is 52.5 Å². The fourth-order valence-corrected chi connectivity index (χ4v) is 5.79. The summed E-state index contributed by atoms with van der Waals surface area (Å²) in [5.74, 6) is 0.0834. The minimum absolute atomic E-state index is 0.0464. The summed E-state index contributed by atoms with van der Waals surface area (Å²) < 4.78 is 22.8. The molecule has 17 heteroatoms. The summed E-state index contributed by atoms with van der Waals surface area (Å²) in [5, 5.41) is 5.59. The standard InChI is InChI=1S/C41H53N7O8.C3H8.C2H6.CH3NO/c1-6-9-10-13-25-53-40(51)46-38(42)29-16-19-31(20-17-29)44-27-36-45-33-26-30(18-21-34(33)47(36)5)39(50)48(35-15-11-12-23-43-35)24-22-37(49)54-28(4)55-41(52)56-32(8-3)14-7-2;1-3-2;1-2;1-2-3/h11-12,15-21,23,26,28,32,44H,6-10,13-14,22,24-25,27H2,1-5H3,(H2,42,46,51);3H2,1-2H3;1-2H3;1H3. The van der Waals surface area contributed by atoms with E-state index >= 15 is 0 Å². The van der Waals surface area contributed by atoms with Crippen molar-refractivity contribution < 1.29 is 38.1 Å². The molecule has 4 aromatic rings. The molecule has 2 amide bonds. The van der Waals surface area contributed by atoms with Gasteiger partial charge in [0.25, 0.3) is 5.91 Å². The number of rotatable bonds is 20. The van der Waals surface area contributed by atoms with E-state index in [2.05, 4.69) is 41.2 Å². The molecule has 0 aliphatic rings. The number of benzene rings is 2. The Morgan fingerprint density at radius 1 is 0.891 bits per heavy atom. The molecule has 4 rings (SSSR count). The summed E-state index contributed by atoms with van der Waals surface area (Å²) in [6, 6.07) is 17.5. The van der Waals surface area contributed by atoms with E-state index < -0.39 is 24.5 Å². The highest BCUT2D eigenvalue weighted by Gasteiger charge is 2.23. The number of fused-ring (bicyclic) bond motifs is 1. The van der Waals surface area contributed by atoms with Crippen LogP contribution in [0.15, 0.2) is 77.0 Å². The molecule has 0 fully saturated rings. The second kappa shape index (κ2) is 32.3. The summed E-state index contributed by atoms with van der Waals surface area (Å²) in [7, 11) is 3.08. The fourth-order valence-electron chi connectivity index (χ4n) is 5.79. The molecule has 0 saturated carbocycles. The van der Waals surface area contributed by atoms with E-state index in [9.17, 15) is 19.2 Å². The number of amides is 2. The monoisotopic (exact) mass is 891 g/mol. The third-order valence-corrected chi connectivity index (χ3v) is 8.89. The molecule has 0 saturated heterocycles. The van der Waals surface area contributed by atoms with Crippen molar-refractivity contribution in [2.45, 2.75) is 132 Å². The molecular weight excluding hydrogens is 821 g/mol. The molecule has 0 radical (unpaired) electrons. The maximum atomic E-state index is 13.9. The number of pyridine rings is 1. The molecular formula is C47H70N8O9. The fraction of sp³-hybridized carbons (Fsp3) is 0.511. The SMILES string of the molecule is CC.CCC.CCCCCCOC(=O)/N=C(\N)c1ccc(NCc2nc3cc(C(=O)N(CCC(=O)OC(C)OC(=O)OC(CC)CCC)c4ccccn4)ccc3n2C)cc1.CN=O. The molecule has 3 N–H and O–H groups in total. The zero-order valence-corrected chi connectivity index (χ0v) is 39.4. The number of unbranched alkanes of at least 4 members (excludes halogenated alkanes) is 3. The normalized spacial score (nSPS) is 11.4. The third kappa shape index (κ3) is 20.2. The van der Waals surface area contributed by atoms with Crippen molar-refractivity contribution in [3.05, 3.63) is 88.7 Å². The first-order valence-electron chi connectivity index (χ1n) is 22.2. The Labute approximate surface area is 378 Å². The van der Waals surface area contributed by atoms with Crippen LogP contribution in [0.1, 0.15) is 135 Å². The van der Waals surface area contributed by atoms with Crippen LogP contribution in [0.4, 0.5) is 21.1 Å². The first-order chi connectivity index (χ1) is 30.8. The number of imidazole rings is 1. The van der Waals surface area contributed by atoms with Crippen molar-refractivity contribution in [3.63, 3.8) is 0 Å². The number of carbonyl (C=O) groups excluding carboxylic acids is 4. The zero-order valence-electron chi connectivity index (χ0n) is 39.4. The Morgan fingerprint density at radius 3 is 2.17 bits per heavy atom. The predicted octanol–water partition coefficient (Wildman–Crippen LogP) is 10.5. The number of esters is 1. The van der Waals surface area contributed by atoms with Gasteiger partial charge in [0, 0.05) is 43.5 Å². The lowest BCUT2D eigenvalue weighted by atomic mass is 10.1. The molecule has 64 heavy (non-hydrogen) atoms. The van der Waals surface area contributed by atoms with Gasteiger partial charge in [0.1, 0.15) is 23.6 Å². The lowest BCUT2D eigenvalue weighted by Gasteiger charge is -2.22. The van der Waals surface area contributed by atoms with Crippen LogP contribution in [0.3, 0.4) is 0 Å². The topological polar surface area (TPSA) is 219 Å². The number of nitrogens with zero attached hydrogens (tertiary/aromatic N) is 6. The maximum absolute atomic E-state index is 13.9. The molecule has 2 atom stereocenters. The largest absolute Gasteiger partial charge is 0.511 e. The van der Waals surface area contributed by atoms with Gasteiger partial charge in [-0.2, -0.15) is 9.90 Å². The van der Waals surface area contributed by atoms with Gasteiger partial charge in [-0.25, -0.2) is 19.6 Å². The van der Waals surface area contributed by atoms with Crippen LogP contribution in [0, 0.1) is 4.91 Å². The van der Waals surface area contributed by atoms with Crippen LogP contribution in [0.25, 0.3) is 11.0 Å². The smallest absolute Gasteiger partial charge is 0.448 e. The van der Waals surface area contributed by atoms with Gasteiger partial charge in [-0.1, -0.05) is 91.8 Å². The van der Waals surface area contributed by atoms with E-state index in [0.717, 1.165) is 49.1 Å². The molecule has 352 valence electrons. The van der Waals surface area contributed by atoms with Gasteiger partial charge in [0.2, 0.25) is 6.29 Å². The molecule has 2 aromatic heterocycles. The summed E-state index contributed by atoms with van der Waals surface area (Å²) >= 11 is 0. The van der Waals surface area contributed by atoms with Crippen LogP contribution in [-0.4, -0.2) is 77.1 Å². The highest BCUT2D eigenvalue weighted by atomic mass is 16.8. The lowest BCUT2D eigenvalue weighted by Crippen LogP contribution is -2.34. The van der Waals surface area contributed by atoms with Crippen LogP contribution in [0.5, 0.6) is 0 Å². The number of anilines is 2. The second-order valence-corrected chi connectivity index (χ2v) is 14.0. The number of nitrogens with two attached hydrogens (primary N) is 1. The Hall–Kier alpha value is -6.39. The number of carbonyl (C=O) groups is 4. The van der Waals surface area contributed by atoms with Crippen molar-refractivity contribution in [2.75, 3.05) is 30.4 Å². The number of hydrogen-bond acceptors (Lipinski definition) is 13. The third-order valence-electron chi connectivity index (χ3n) is 8.89. The number of aromatic nitrogens is 3. The first kappa shape index (κ1) is 55.6. The maximum Gasteiger partial charge on any atom is 0.511 e. The van der Waals surface area contributed by atoms with E-state index in [-0.39, 0.29) is 30.8 Å². The van der Waals surface area contributed by atoms with E-state index in [1.165, 1.54) is 25.3 Å². The van der Waals surface area contributed by atoms with Crippen molar-refractivity contribution in [3.8, 4) is 0 Å². The number of aliphatic imine (C=N–C) groups is 1. The average Bonchev–Trinajstić information content (AvgIpc) is 3.60. The van der Waals surface area contributed by atoms with Gasteiger partial charge in [-0.05, 0) is 73.9 Å². The molecule has 2 heterocycles. The first-order valence-corrected chi connectivity index (χ1v) is 22.2. The summed E-state index contributed by atoms with van der Waals surface area (Å²) in [4.78, 5) is 73.8. The average molecular weight is 891 g/mol. The minimum Gasteiger partial charge on any atom is -0.448 e. The molecule has 0 bridgehead atoms. The van der Waals surface area contributed by atoms with Crippen LogP contribution in [0.2, 0.25) is 0 Å². The number of ether oxygens (including phenoxy) is 4. The molecule has 0 aliphatic carbocycles. The number of hydrogen-bond donors (Lipinski definition) is 2. The minimum atomic E-state index is -1.18. The summed E-state index contributed by atoms with van der Waals surface area (Å²) in [5.41, 5.74) is 9.19. The number of nitrogens with one attached hydrogen (secondary N) is 1. The van der Waals surface area contributed by atoms with Crippen LogP contribution < -0.4 is 16.0 Å². The van der Waals surface area contributed by atoms with E-state index in [0.29, 0.717) is 48.5 Å². The number of nitroso groups, excluding NO2 is 1. The van der Waals surface area contributed by atoms with Gasteiger partial charge in [-0.15, -0.1) is 0 Å². The zero-order chi connectivity index (χ0) is 47.9. The van der Waals surface area contributed by atoms with Crippen molar-refractivity contribution in [1.82, 2.24) is 14.5 Å². The van der Waals surface area contributed by atoms with E-state index in [4.69, 9.17) is 34.6 Å². The lowest BCUT2D eigenvalue weighted by molar-refractivity contribution is -0.168. The predicted molar refractivity (Wildman–Crippen MR) is 252 cm³/mol. The van der Waals surface area contributed by atoms with Gasteiger partial charge in [0.05, 0.1) is 37.7 Å². The van der Waals surface area contributed by atoms with Crippen molar-refractivity contribution in [2.24, 2.45) is 23.0 Å². The van der Waals surface area contributed by atoms with Gasteiger partial charge >= 0.3 is 18.2 Å². The summed E-state index contributed by atoms with van der Waals surface area (Å²) in [6.07, 6.45) is 5.74. The van der Waals surface area contributed by atoms with Crippen LogP contribution >= 0.6 is 0 Å². The highest BCUT2D eigenvalue weighted by Crippen LogP contribution is 2.22. The Balaban J connectivity index is 0.00000239.